The molecule has 0 radical (unpaired) electrons. The Kier molecular flexibility index (Phi) is 5.58. The van der Waals surface area contributed by atoms with Crippen LogP contribution in [0, 0.1) is 0 Å². The van der Waals surface area contributed by atoms with E-state index in [4.69, 9.17) is 23.2 Å². The van der Waals surface area contributed by atoms with Crippen molar-refractivity contribution >= 4 is 46.7 Å². The number of carbonyl (C=O) groups excluding carboxylic acids is 3. The molecule has 2 saturated heterocycles. The molecule has 0 aliphatic carbocycles. The monoisotopic (exact) mass is 398 g/mol. The Morgan fingerprint density at radius 2 is 2.12 bits per heavy atom. The molecule has 3 atom stereocenters. The Labute approximate surface area is 161 Å². The van der Waals surface area contributed by atoms with E-state index in [2.05, 4.69) is 16.0 Å². The van der Waals surface area contributed by atoms with Gasteiger partial charge in [-0.25, -0.2) is 4.79 Å². The molecular formula is C17H20Cl2N4O3. The van der Waals surface area contributed by atoms with Crippen LogP contribution < -0.4 is 16.0 Å². The lowest BCUT2D eigenvalue weighted by atomic mass is 10.0. The minimum absolute atomic E-state index is 0.0816. The lowest BCUT2D eigenvalue weighted by Gasteiger charge is -2.34. The molecule has 7 nitrogen and oxygen atoms in total. The maximum atomic E-state index is 12.5. The molecule has 3 N–H and O–H groups in total. The number of hydrogen-bond acceptors (Lipinski definition) is 3. The minimum Gasteiger partial charge on any atom is -0.343 e. The van der Waals surface area contributed by atoms with Gasteiger partial charge in [-0.1, -0.05) is 36.5 Å². The van der Waals surface area contributed by atoms with Crippen LogP contribution in [0.1, 0.15) is 26.2 Å². The average Bonchev–Trinajstić information content (AvgIpc) is 3.00. The fourth-order valence-corrected chi connectivity index (χ4v) is 3.84. The summed E-state index contributed by atoms with van der Waals surface area (Å²) in [7, 11) is 0. The van der Waals surface area contributed by atoms with Crippen molar-refractivity contribution in [2.24, 2.45) is 0 Å². The normalized spacial score (nSPS) is 24.9. The van der Waals surface area contributed by atoms with Gasteiger partial charge in [0, 0.05) is 11.6 Å². The number of anilines is 1. The number of fused-ring (bicyclic) bond motifs is 1. The number of benzene rings is 1. The van der Waals surface area contributed by atoms with E-state index in [-0.39, 0.29) is 17.9 Å². The van der Waals surface area contributed by atoms with Crippen molar-refractivity contribution in [3.63, 3.8) is 0 Å². The molecule has 9 heteroatoms. The summed E-state index contributed by atoms with van der Waals surface area (Å²) in [5.41, 5.74) is 0.432. The number of urea groups is 1. The quantitative estimate of drug-likeness (QED) is 0.726. The number of halogens is 2. The van der Waals surface area contributed by atoms with Gasteiger partial charge in [-0.15, -0.1) is 0 Å². The Morgan fingerprint density at radius 3 is 2.81 bits per heavy atom. The molecule has 4 amide bonds. The molecular weight excluding hydrogens is 379 g/mol. The lowest BCUT2D eigenvalue weighted by molar-refractivity contribution is -0.147. The number of nitrogens with zero attached hydrogens (tertiary/aromatic N) is 1. The number of rotatable bonds is 4. The molecule has 0 aromatic heterocycles. The van der Waals surface area contributed by atoms with E-state index in [9.17, 15) is 14.4 Å². The zero-order valence-corrected chi connectivity index (χ0v) is 15.7. The van der Waals surface area contributed by atoms with Crippen molar-refractivity contribution in [1.29, 1.82) is 0 Å². The number of piperazine rings is 1. The van der Waals surface area contributed by atoms with Gasteiger partial charge < -0.3 is 20.9 Å². The topological polar surface area (TPSA) is 90.5 Å². The van der Waals surface area contributed by atoms with Crippen LogP contribution in [-0.2, 0) is 9.59 Å². The largest absolute Gasteiger partial charge is 0.343 e. The highest BCUT2D eigenvalue weighted by Gasteiger charge is 2.46. The van der Waals surface area contributed by atoms with Gasteiger partial charge in [0.1, 0.15) is 12.1 Å². The maximum Gasteiger partial charge on any atom is 0.319 e. The minimum atomic E-state index is -0.528. The third-order valence-corrected chi connectivity index (χ3v) is 5.14. The van der Waals surface area contributed by atoms with Gasteiger partial charge in [-0.2, -0.15) is 0 Å². The number of carbonyl (C=O) groups is 3. The fraction of sp³-hybridized carbons (Fsp3) is 0.471. The summed E-state index contributed by atoms with van der Waals surface area (Å²) in [6.07, 6.45) is 1.81. The van der Waals surface area contributed by atoms with E-state index >= 15 is 0 Å². The second-order valence-corrected chi connectivity index (χ2v) is 7.36. The van der Waals surface area contributed by atoms with Crippen molar-refractivity contribution in [1.82, 2.24) is 15.5 Å². The van der Waals surface area contributed by atoms with Crippen molar-refractivity contribution in [3.8, 4) is 0 Å². The maximum absolute atomic E-state index is 12.5. The summed E-state index contributed by atoms with van der Waals surface area (Å²) in [6, 6.07) is 3.01. The molecule has 0 spiro atoms. The van der Waals surface area contributed by atoms with Crippen LogP contribution in [-0.4, -0.2) is 47.4 Å². The van der Waals surface area contributed by atoms with E-state index in [1.807, 2.05) is 6.92 Å². The van der Waals surface area contributed by atoms with E-state index in [0.29, 0.717) is 35.1 Å². The molecule has 140 valence electrons. The number of nitrogens with one attached hydrogen (secondary N) is 3. The van der Waals surface area contributed by atoms with Gasteiger partial charge in [-0.05, 0) is 31.0 Å². The van der Waals surface area contributed by atoms with Crippen molar-refractivity contribution < 1.29 is 14.4 Å². The zero-order chi connectivity index (χ0) is 18.8. The predicted molar refractivity (Wildman–Crippen MR) is 99.4 cm³/mol. The van der Waals surface area contributed by atoms with Gasteiger partial charge in [-0.3, -0.25) is 9.59 Å². The molecule has 1 aromatic carbocycles. The van der Waals surface area contributed by atoms with Crippen LogP contribution in [0.5, 0.6) is 0 Å². The average molecular weight is 399 g/mol. The van der Waals surface area contributed by atoms with Crippen LogP contribution in [0.2, 0.25) is 10.0 Å². The van der Waals surface area contributed by atoms with Crippen LogP contribution in [0.25, 0.3) is 0 Å². The van der Waals surface area contributed by atoms with E-state index in [0.717, 1.165) is 6.42 Å². The molecule has 2 aliphatic rings. The fourth-order valence-electron chi connectivity index (χ4n) is 3.38. The Bertz CT molecular complexity index is 743. The number of hydrogen-bond donors (Lipinski definition) is 3. The summed E-state index contributed by atoms with van der Waals surface area (Å²) < 4.78 is 0. The lowest BCUT2D eigenvalue weighted by Crippen LogP contribution is -2.61. The smallest absolute Gasteiger partial charge is 0.319 e. The van der Waals surface area contributed by atoms with Crippen LogP contribution in [0.4, 0.5) is 10.5 Å². The third-order valence-electron chi connectivity index (χ3n) is 4.59. The van der Waals surface area contributed by atoms with Crippen molar-refractivity contribution in [3.05, 3.63) is 28.2 Å². The van der Waals surface area contributed by atoms with Crippen LogP contribution >= 0.6 is 23.2 Å². The molecule has 26 heavy (non-hydrogen) atoms. The summed E-state index contributed by atoms with van der Waals surface area (Å²) in [4.78, 5) is 38.5. The highest BCUT2D eigenvalue weighted by atomic mass is 35.5. The standard InChI is InChI=1S/C17H20Cl2N4O3/c1-2-3-13-16(25)23-8-10(7-14(23)15(24)21-13)20-17(26)22-12-5-4-9(18)6-11(12)19/h4-6,10,13-14H,2-3,7-8H2,1H3,(H,21,24)(H2,20,22,26)/t10-,13-,14-/m0/s1. The highest BCUT2D eigenvalue weighted by Crippen LogP contribution is 2.26. The van der Waals surface area contributed by atoms with Gasteiger partial charge >= 0.3 is 6.03 Å². The van der Waals surface area contributed by atoms with E-state index < -0.39 is 18.1 Å². The van der Waals surface area contributed by atoms with Crippen LogP contribution in [0.3, 0.4) is 0 Å². The van der Waals surface area contributed by atoms with E-state index in [1.54, 1.807) is 17.0 Å². The molecule has 2 aliphatic heterocycles. The molecule has 0 unspecified atom stereocenters. The first kappa shape index (κ1) is 18.8. The molecule has 0 bridgehead atoms. The summed E-state index contributed by atoms with van der Waals surface area (Å²) >= 11 is 11.9. The molecule has 1 aromatic rings. The first-order chi connectivity index (χ1) is 12.4. The van der Waals surface area contributed by atoms with Gasteiger partial charge in [0.05, 0.1) is 16.8 Å². The second-order valence-electron chi connectivity index (χ2n) is 6.51. The second kappa shape index (κ2) is 7.72. The first-order valence-corrected chi connectivity index (χ1v) is 9.28. The predicted octanol–water partition coefficient (Wildman–Crippen LogP) is 2.38. The highest BCUT2D eigenvalue weighted by molar-refractivity contribution is 6.36. The summed E-state index contributed by atoms with van der Waals surface area (Å²) in [5, 5.41) is 9.03. The molecule has 2 fully saturated rings. The SMILES string of the molecule is CCC[C@@H]1NC(=O)[C@@H]2C[C@H](NC(=O)Nc3ccc(Cl)cc3Cl)CN2C1=O. The van der Waals surface area contributed by atoms with Crippen LogP contribution in [0.15, 0.2) is 18.2 Å². The zero-order valence-electron chi connectivity index (χ0n) is 14.2. The first-order valence-electron chi connectivity index (χ1n) is 8.52. The molecule has 0 saturated carbocycles. The Hall–Kier alpha value is -1.99. The number of amides is 4. The van der Waals surface area contributed by atoms with Gasteiger partial charge in [0.15, 0.2) is 0 Å². The summed E-state index contributed by atoms with van der Waals surface area (Å²) in [5.74, 6) is -0.240. The van der Waals surface area contributed by atoms with E-state index in [1.165, 1.54) is 6.07 Å². The van der Waals surface area contributed by atoms with Crippen molar-refractivity contribution in [2.75, 3.05) is 11.9 Å². The van der Waals surface area contributed by atoms with Gasteiger partial charge in [0.25, 0.3) is 0 Å². The molecule has 2 heterocycles. The molecule has 3 rings (SSSR count). The van der Waals surface area contributed by atoms with Crippen molar-refractivity contribution in [2.45, 2.75) is 44.3 Å². The third kappa shape index (κ3) is 3.88. The van der Waals surface area contributed by atoms with Gasteiger partial charge in [0.2, 0.25) is 11.8 Å². The summed E-state index contributed by atoms with van der Waals surface area (Å²) in [6.45, 7) is 2.28. The Balaban J connectivity index is 1.61. The Morgan fingerprint density at radius 1 is 1.35 bits per heavy atom.